The normalized spacial score (nSPS) is 11.3. The van der Waals surface area contributed by atoms with E-state index in [4.69, 9.17) is 4.18 Å². The number of halogens is 2. The predicted octanol–water partition coefficient (Wildman–Crippen LogP) is 4.65. The van der Waals surface area contributed by atoms with Gasteiger partial charge in [-0.2, -0.15) is 13.5 Å². The van der Waals surface area contributed by atoms with Gasteiger partial charge in [0, 0.05) is 17.7 Å². The van der Waals surface area contributed by atoms with Crippen LogP contribution in [0.4, 0.5) is 5.69 Å². The zero-order chi connectivity index (χ0) is 23.3. The number of hydrogen-bond donors (Lipinski definition) is 1. The molecule has 3 aromatic carbocycles. The van der Waals surface area contributed by atoms with Crippen molar-refractivity contribution in [1.29, 1.82) is 0 Å². The monoisotopic (exact) mass is 581 g/mol. The largest absolute Gasteiger partial charge is 0.377 e. The highest BCUT2D eigenvalue weighted by Crippen LogP contribution is 2.36. The number of benzene rings is 3. The van der Waals surface area contributed by atoms with Crippen molar-refractivity contribution in [1.82, 2.24) is 5.43 Å². The number of rotatable bonds is 7. The highest BCUT2D eigenvalue weighted by molar-refractivity contribution is 9.11. The second-order valence-electron chi connectivity index (χ2n) is 6.17. The van der Waals surface area contributed by atoms with Crippen LogP contribution in [0, 0.1) is 10.1 Å². The molecule has 0 saturated carbocycles. The highest BCUT2D eigenvalue weighted by atomic mass is 79.9. The van der Waals surface area contributed by atoms with E-state index < -0.39 is 20.9 Å². The average Bonchev–Trinajstić information content (AvgIpc) is 2.77. The molecule has 0 aliphatic rings. The number of non-ortho nitro benzene ring substituents is 1. The maximum atomic E-state index is 12.5. The van der Waals surface area contributed by atoms with E-state index in [2.05, 4.69) is 42.4 Å². The van der Waals surface area contributed by atoms with Crippen molar-refractivity contribution < 1.29 is 22.3 Å². The molecule has 3 aromatic rings. The first-order chi connectivity index (χ1) is 15.2. The van der Waals surface area contributed by atoms with E-state index in [9.17, 15) is 23.3 Å². The van der Waals surface area contributed by atoms with Crippen LogP contribution in [-0.4, -0.2) is 25.5 Å². The molecule has 0 saturated heterocycles. The third-order valence-corrected chi connectivity index (χ3v) is 6.36. The number of hydrazone groups is 1. The fourth-order valence-electron chi connectivity index (χ4n) is 2.47. The summed E-state index contributed by atoms with van der Waals surface area (Å²) in [7, 11) is -4.04. The summed E-state index contributed by atoms with van der Waals surface area (Å²) < 4.78 is 30.8. The lowest BCUT2D eigenvalue weighted by Gasteiger charge is -2.11. The Labute approximate surface area is 199 Å². The highest BCUT2D eigenvalue weighted by Gasteiger charge is 2.20. The van der Waals surface area contributed by atoms with Gasteiger partial charge in [-0.05, 0) is 67.8 Å². The Morgan fingerprint density at radius 1 is 1.03 bits per heavy atom. The van der Waals surface area contributed by atoms with Gasteiger partial charge >= 0.3 is 10.1 Å². The number of carbonyl (C=O) groups is 1. The van der Waals surface area contributed by atoms with E-state index in [1.165, 1.54) is 36.5 Å². The fraction of sp³-hybridized carbons (Fsp3) is 0. The zero-order valence-electron chi connectivity index (χ0n) is 15.9. The maximum Gasteiger partial charge on any atom is 0.339 e. The van der Waals surface area contributed by atoms with Crippen molar-refractivity contribution in [3.05, 3.63) is 96.9 Å². The molecule has 164 valence electrons. The molecule has 3 rings (SSSR count). The summed E-state index contributed by atoms with van der Waals surface area (Å²) in [5, 5.41) is 14.7. The van der Waals surface area contributed by atoms with Crippen molar-refractivity contribution in [2.24, 2.45) is 5.10 Å². The summed E-state index contributed by atoms with van der Waals surface area (Å²) in [5.41, 5.74) is 2.65. The van der Waals surface area contributed by atoms with Gasteiger partial charge in [-0.25, -0.2) is 5.43 Å². The summed E-state index contributed by atoms with van der Waals surface area (Å²) in [6.07, 6.45) is 1.32. The second-order valence-corrected chi connectivity index (χ2v) is 9.43. The van der Waals surface area contributed by atoms with Crippen LogP contribution in [0.15, 0.2) is 85.7 Å². The maximum absolute atomic E-state index is 12.5. The molecule has 0 fully saturated rings. The van der Waals surface area contributed by atoms with Crippen LogP contribution in [0.2, 0.25) is 0 Å². The number of nitro groups is 1. The van der Waals surface area contributed by atoms with Gasteiger partial charge in [-0.15, -0.1) is 0 Å². The molecule has 0 bridgehead atoms. The Bertz CT molecular complexity index is 1290. The van der Waals surface area contributed by atoms with Gasteiger partial charge in [0.1, 0.15) is 4.90 Å². The molecular formula is C20H13Br2N3O6S. The van der Waals surface area contributed by atoms with Gasteiger partial charge in [0.2, 0.25) is 0 Å². The molecule has 12 heteroatoms. The van der Waals surface area contributed by atoms with Crippen molar-refractivity contribution in [2.75, 3.05) is 0 Å². The Kier molecular flexibility index (Phi) is 7.38. The van der Waals surface area contributed by atoms with Crippen molar-refractivity contribution in [2.45, 2.75) is 4.90 Å². The third kappa shape index (κ3) is 5.78. The van der Waals surface area contributed by atoms with Crippen molar-refractivity contribution in [3.63, 3.8) is 0 Å². The van der Waals surface area contributed by atoms with E-state index in [0.717, 1.165) is 6.07 Å². The SMILES string of the molecule is O=C(N/N=C\c1cc(Br)c(OS(=O)(=O)c2ccccc2)c(Br)c1)c1cccc([N+](=O)[O-])c1. The Hall–Kier alpha value is -3.09. The van der Waals surface area contributed by atoms with E-state index in [0.29, 0.717) is 14.5 Å². The lowest BCUT2D eigenvalue weighted by molar-refractivity contribution is -0.384. The van der Waals surface area contributed by atoms with Gasteiger partial charge in [0.25, 0.3) is 11.6 Å². The van der Waals surface area contributed by atoms with E-state index in [1.54, 1.807) is 30.3 Å². The molecule has 0 aliphatic heterocycles. The van der Waals surface area contributed by atoms with Crippen LogP contribution >= 0.6 is 31.9 Å². The zero-order valence-corrected chi connectivity index (χ0v) is 19.9. The number of carbonyl (C=O) groups excluding carboxylic acids is 1. The topological polar surface area (TPSA) is 128 Å². The van der Waals surface area contributed by atoms with Crippen molar-refractivity contribution >= 4 is 59.8 Å². The molecule has 0 unspecified atom stereocenters. The minimum absolute atomic E-state index is 0.00769. The predicted molar refractivity (Wildman–Crippen MR) is 124 cm³/mol. The molecule has 0 spiro atoms. The molecule has 0 atom stereocenters. The van der Waals surface area contributed by atoms with Crippen LogP contribution in [-0.2, 0) is 10.1 Å². The first-order valence-electron chi connectivity index (χ1n) is 8.74. The first-order valence-corrected chi connectivity index (χ1v) is 11.7. The van der Waals surface area contributed by atoms with Crippen LogP contribution in [0.3, 0.4) is 0 Å². The van der Waals surface area contributed by atoms with Gasteiger partial charge in [0.05, 0.1) is 20.1 Å². The van der Waals surface area contributed by atoms with Crippen LogP contribution in [0.1, 0.15) is 15.9 Å². The summed E-state index contributed by atoms with van der Waals surface area (Å²) in [4.78, 5) is 22.4. The lowest BCUT2D eigenvalue weighted by Crippen LogP contribution is -2.17. The Balaban J connectivity index is 1.74. The molecular weight excluding hydrogens is 570 g/mol. The first kappa shape index (κ1) is 23.6. The summed E-state index contributed by atoms with van der Waals surface area (Å²) >= 11 is 6.54. The number of hydrogen-bond acceptors (Lipinski definition) is 7. The van der Waals surface area contributed by atoms with E-state index in [-0.39, 0.29) is 21.9 Å². The van der Waals surface area contributed by atoms with Gasteiger partial charge in [0.15, 0.2) is 5.75 Å². The number of nitro benzene ring substituents is 1. The third-order valence-electron chi connectivity index (χ3n) is 3.94. The molecule has 0 heterocycles. The summed E-state index contributed by atoms with van der Waals surface area (Å²) in [6, 6.07) is 16.0. The smallest absolute Gasteiger partial charge is 0.339 e. The summed E-state index contributed by atoms with van der Waals surface area (Å²) in [6.45, 7) is 0. The molecule has 32 heavy (non-hydrogen) atoms. The van der Waals surface area contributed by atoms with Crippen LogP contribution < -0.4 is 9.61 Å². The van der Waals surface area contributed by atoms with Crippen molar-refractivity contribution in [3.8, 4) is 5.75 Å². The Morgan fingerprint density at radius 2 is 1.69 bits per heavy atom. The molecule has 0 radical (unpaired) electrons. The molecule has 1 amide bonds. The average molecular weight is 583 g/mol. The minimum atomic E-state index is -4.04. The molecule has 0 aliphatic carbocycles. The number of nitrogens with one attached hydrogen (secondary N) is 1. The molecule has 0 aromatic heterocycles. The van der Waals surface area contributed by atoms with E-state index in [1.807, 2.05) is 0 Å². The molecule has 9 nitrogen and oxygen atoms in total. The van der Waals surface area contributed by atoms with Gasteiger partial charge < -0.3 is 4.18 Å². The standard InChI is InChI=1S/C20H13Br2N3O6S/c21-17-9-13(12-23-24-20(26)14-5-4-6-15(11-14)25(27)28)10-18(22)19(17)31-32(29,30)16-7-2-1-3-8-16/h1-12H,(H,24,26)/b23-12-. The fourth-order valence-corrected chi connectivity index (χ4v) is 5.05. The quantitative estimate of drug-likeness (QED) is 0.187. The van der Waals surface area contributed by atoms with Gasteiger partial charge in [-0.1, -0.05) is 24.3 Å². The summed E-state index contributed by atoms with van der Waals surface area (Å²) in [5.74, 6) is -0.580. The van der Waals surface area contributed by atoms with Crippen LogP contribution in [0.5, 0.6) is 5.75 Å². The number of amides is 1. The second kappa shape index (κ2) is 10.0. The Morgan fingerprint density at radius 3 is 2.31 bits per heavy atom. The lowest BCUT2D eigenvalue weighted by atomic mass is 10.2. The molecule has 1 N–H and O–H groups in total. The van der Waals surface area contributed by atoms with Gasteiger partial charge in [-0.3, -0.25) is 14.9 Å². The van der Waals surface area contributed by atoms with Crippen LogP contribution in [0.25, 0.3) is 0 Å². The minimum Gasteiger partial charge on any atom is -0.377 e. The number of nitrogens with zero attached hydrogens (tertiary/aromatic N) is 2. The van der Waals surface area contributed by atoms with E-state index >= 15 is 0 Å².